The van der Waals surface area contributed by atoms with Gasteiger partial charge in [0.2, 0.25) is 5.91 Å². The van der Waals surface area contributed by atoms with E-state index in [1.807, 2.05) is 13.8 Å². The Morgan fingerprint density at radius 2 is 1.84 bits per heavy atom. The minimum Gasteiger partial charge on any atom is -0.490 e. The van der Waals surface area contributed by atoms with Gasteiger partial charge < -0.3 is 14.8 Å². The molecule has 2 aromatic carbocycles. The molecule has 6 heteroatoms. The minimum atomic E-state index is -0.915. The topological polar surface area (TPSA) is 64.6 Å². The van der Waals surface area contributed by atoms with Crippen LogP contribution in [0.15, 0.2) is 42.5 Å². The number of ether oxygens (including phenoxy) is 2. The molecule has 0 saturated heterocycles. The van der Waals surface area contributed by atoms with Crippen molar-refractivity contribution >= 4 is 17.6 Å². The highest BCUT2D eigenvalue weighted by molar-refractivity contribution is 6.01. The van der Waals surface area contributed by atoms with Crippen LogP contribution < -0.4 is 10.1 Å². The summed E-state index contributed by atoms with van der Waals surface area (Å²) in [7, 11) is 0. The van der Waals surface area contributed by atoms with Crippen LogP contribution in [0.4, 0.5) is 10.1 Å². The normalized spacial score (nSPS) is 15.9. The minimum absolute atomic E-state index is 0.0727. The fourth-order valence-electron chi connectivity index (χ4n) is 4.08. The number of carbonyl (C=O) groups is 2. The highest BCUT2D eigenvalue weighted by atomic mass is 19.1. The van der Waals surface area contributed by atoms with Gasteiger partial charge in [-0.05, 0) is 57.4 Å². The summed E-state index contributed by atoms with van der Waals surface area (Å²) in [5.41, 5.74) is 0.215. The zero-order valence-corrected chi connectivity index (χ0v) is 18.4. The van der Waals surface area contributed by atoms with E-state index in [0.29, 0.717) is 29.8 Å². The molecule has 1 amide bonds. The van der Waals surface area contributed by atoms with Crippen LogP contribution >= 0.6 is 0 Å². The van der Waals surface area contributed by atoms with Gasteiger partial charge in [0.1, 0.15) is 17.1 Å². The molecule has 5 nitrogen and oxygen atoms in total. The lowest BCUT2D eigenvalue weighted by Gasteiger charge is -2.29. The van der Waals surface area contributed by atoms with Crippen LogP contribution in [0.5, 0.6) is 5.75 Å². The van der Waals surface area contributed by atoms with E-state index in [4.69, 9.17) is 9.47 Å². The fourth-order valence-corrected chi connectivity index (χ4v) is 4.08. The number of amides is 1. The Balaban J connectivity index is 1.92. The summed E-state index contributed by atoms with van der Waals surface area (Å²) < 4.78 is 25.6. The first kappa shape index (κ1) is 22.8. The van der Waals surface area contributed by atoms with Crippen molar-refractivity contribution in [1.29, 1.82) is 0 Å². The number of hydrogen-bond acceptors (Lipinski definition) is 4. The molecule has 1 aliphatic carbocycles. The fraction of sp³-hybridized carbons (Fsp3) is 0.440. The van der Waals surface area contributed by atoms with Crippen molar-refractivity contribution < 1.29 is 23.5 Å². The Morgan fingerprint density at radius 1 is 1.13 bits per heavy atom. The molecule has 0 unspecified atom stereocenters. The summed E-state index contributed by atoms with van der Waals surface area (Å²) in [5.74, 6) is -0.735. The standard InChI is InChI=1S/C25H30FNO4/c1-4-17(3)31-22-13-12-18(16-19(22)23(28)30-5-2)27-24(29)25(14-8-9-15-25)20-10-6-7-11-21(20)26/h6-7,10-13,16-17H,4-5,8-9,14-15H2,1-3H3,(H,27,29)/t17-/m1/s1. The van der Waals surface area contributed by atoms with Crippen LogP contribution in [0, 0.1) is 5.82 Å². The van der Waals surface area contributed by atoms with Gasteiger partial charge in [-0.3, -0.25) is 4.79 Å². The molecule has 0 bridgehead atoms. The number of carbonyl (C=O) groups excluding carboxylic acids is 2. The summed E-state index contributed by atoms with van der Waals surface area (Å²) in [6, 6.07) is 11.4. The molecule has 1 saturated carbocycles. The molecule has 1 N–H and O–H groups in total. The Morgan fingerprint density at radius 3 is 2.48 bits per heavy atom. The number of nitrogens with one attached hydrogen (secondary N) is 1. The molecule has 31 heavy (non-hydrogen) atoms. The zero-order valence-electron chi connectivity index (χ0n) is 18.4. The van der Waals surface area contributed by atoms with E-state index < -0.39 is 11.4 Å². The monoisotopic (exact) mass is 427 g/mol. The Hall–Kier alpha value is -2.89. The third-order valence-electron chi connectivity index (χ3n) is 5.92. The Bertz CT molecular complexity index is 937. The highest BCUT2D eigenvalue weighted by Gasteiger charge is 2.44. The molecule has 1 fully saturated rings. The summed E-state index contributed by atoms with van der Waals surface area (Å²) in [4.78, 5) is 25.9. The number of esters is 1. The SMILES string of the molecule is CCOC(=O)c1cc(NC(=O)C2(c3ccccc3F)CCCC2)ccc1O[C@H](C)CC. The molecule has 166 valence electrons. The Kier molecular flexibility index (Phi) is 7.31. The maximum atomic E-state index is 14.6. The first-order valence-corrected chi connectivity index (χ1v) is 11.0. The first-order chi connectivity index (χ1) is 14.9. The van der Waals surface area contributed by atoms with Gasteiger partial charge in [0.15, 0.2) is 0 Å². The second-order valence-electron chi connectivity index (χ2n) is 7.99. The summed E-state index contributed by atoms with van der Waals surface area (Å²) in [6.45, 7) is 5.88. The maximum absolute atomic E-state index is 14.6. The van der Waals surface area contributed by atoms with Gasteiger partial charge in [0, 0.05) is 11.3 Å². The van der Waals surface area contributed by atoms with Gasteiger partial charge in [-0.15, -0.1) is 0 Å². The van der Waals surface area contributed by atoms with Crippen LogP contribution in [0.3, 0.4) is 0 Å². The predicted molar refractivity (Wildman–Crippen MR) is 118 cm³/mol. The molecule has 0 radical (unpaired) electrons. The van der Waals surface area contributed by atoms with Crippen LogP contribution in [0.1, 0.15) is 68.8 Å². The molecule has 0 aromatic heterocycles. The van der Waals surface area contributed by atoms with Crippen molar-refractivity contribution in [3.63, 3.8) is 0 Å². The molecule has 2 aromatic rings. The quantitative estimate of drug-likeness (QED) is 0.555. The van der Waals surface area contributed by atoms with E-state index in [2.05, 4.69) is 5.32 Å². The predicted octanol–water partition coefficient (Wildman–Crippen LogP) is 5.63. The van der Waals surface area contributed by atoms with E-state index in [0.717, 1.165) is 19.3 Å². The van der Waals surface area contributed by atoms with Crippen molar-refractivity contribution in [2.75, 3.05) is 11.9 Å². The average Bonchev–Trinajstić information content (AvgIpc) is 3.26. The molecule has 0 heterocycles. The average molecular weight is 428 g/mol. The molecular weight excluding hydrogens is 397 g/mol. The van der Waals surface area contributed by atoms with E-state index in [-0.39, 0.29) is 30.0 Å². The van der Waals surface area contributed by atoms with Crippen LogP contribution in [0.2, 0.25) is 0 Å². The van der Waals surface area contributed by atoms with Gasteiger partial charge in [-0.1, -0.05) is 38.0 Å². The van der Waals surface area contributed by atoms with E-state index in [9.17, 15) is 14.0 Å². The van der Waals surface area contributed by atoms with Gasteiger partial charge in [-0.25, -0.2) is 9.18 Å². The van der Waals surface area contributed by atoms with E-state index in [1.54, 1.807) is 43.3 Å². The van der Waals surface area contributed by atoms with Crippen LogP contribution in [0.25, 0.3) is 0 Å². The molecule has 3 rings (SSSR count). The van der Waals surface area contributed by atoms with E-state index >= 15 is 0 Å². The largest absolute Gasteiger partial charge is 0.490 e. The number of hydrogen-bond donors (Lipinski definition) is 1. The van der Waals surface area contributed by atoms with Crippen LogP contribution in [-0.2, 0) is 14.9 Å². The molecule has 1 aliphatic rings. The number of anilines is 1. The summed E-state index contributed by atoms with van der Waals surface area (Å²) in [5, 5.41) is 2.91. The summed E-state index contributed by atoms with van der Waals surface area (Å²) in [6.07, 6.45) is 3.59. The summed E-state index contributed by atoms with van der Waals surface area (Å²) >= 11 is 0. The number of halogens is 1. The lowest BCUT2D eigenvalue weighted by molar-refractivity contribution is -0.121. The first-order valence-electron chi connectivity index (χ1n) is 11.0. The van der Waals surface area contributed by atoms with Crippen molar-refractivity contribution in [3.05, 3.63) is 59.4 Å². The van der Waals surface area contributed by atoms with Crippen molar-refractivity contribution in [3.8, 4) is 5.75 Å². The molecule has 0 aliphatic heterocycles. The molecular formula is C25H30FNO4. The van der Waals surface area contributed by atoms with Crippen molar-refractivity contribution in [1.82, 2.24) is 0 Å². The maximum Gasteiger partial charge on any atom is 0.341 e. The second-order valence-corrected chi connectivity index (χ2v) is 7.99. The zero-order chi connectivity index (χ0) is 22.4. The molecule has 0 spiro atoms. The third kappa shape index (κ3) is 4.89. The highest BCUT2D eigenvalue weighted by Crippen LogP contribution is 2.43. The van der Waals surface area contributed by atoms with Gasteiger partial charge >= 0.3 is 5.97 Å². The smallest absolute Gasteiger partial charge is 0.341 e. The van der Waals surface area contributed by atoms with Crippen molar-refractivity contribution in [2.24, 2.45) is 0 Å². The number of rotatable bonds is 8. The van der Waals surface area contributed by atoms with Gasteiger partial charge in [-0.2, -0.15) is 0 Å². The number of benzene rings is 2. The van der Waals surface area contributed by atoms with Gasteiger partial charge in [0.05, 0.1) is 18.1 Å². The Labute approximate surface area is 182 Å². The molecule has 1 atom stereocenters. The third-order valence-corrected chi connectivity index (χ3v) is 5.92. The lowest BCUT2D eigenvalue weighted by Crippen LogP contribution is -2.38. The van der Waals surface area contributed by atoms with Gasteiger partial charge in [0.25, 0.3) is 0 Å². The lowest BCUT2D eigenvalue weighted by atomic mass is 9.77. The van der Waals surface area contributed by atoms with Crippen molar-refractivity contribution in [2.45, 2.75) is 64.4 Å². The van der Waals surface area contributed by atoms with Crippen LogP contribution in [-0.4, -0.2) is 24.6 Å². The van der Waals surface area contributed by atoms with E-state index in [1.165, 1.54) is 6.07 Å². The second kappa shape index (κ2) is 9.94.